The molecule has 102 valence electrons. The SMILES string of the molecule is COc1ccc(NS(=O)(=O)C(C)CO)c(OC)c1. The highest BCUT2D eigenvalue weighted by Gasteiger charge is 2.21. The number of anilines is 1. The summed E-state index contributed by atoms with van der Waals surface area (Å²) < 4.78 is 36.1. The molecule has 2 N–H and O–H groups in total. The van der Waals surface area contributed by atoms with Crippen molar-refractivity contribution < 1.29 is 23.0 Å². The smallest absolute Gasteiger partial charge is 0.237 e. The van der Waals surface area contributed by atoms with Gasteiger partial charge in [0.2, 0.25) is 10.0 Å². The predicted molar refractivity (Wildman–Crippen MR) is 68.6 cm³/mol. The van der Waals surface area contributed by atoms with Crippen LogP contribution in [0.5, 0.6) is 11.5 Å². The first-order valence-electron chi connectivity index (χ1n) is 5.29. The minimum absolute atomic E-state index is 0.304. The number of benzene rings is 1. The number of hydrogen-bond donors (Lipinski definition) is 2. The van der Waals surface area contributed by atoms with Crippen molar-refractivity contribution >= 4 is 15.7 Å². The minimum Gasteiger partial charge on any atom is -0.497 e. The second-order valence-electron chi connectivity index (χ2n) is 3.71. The van der Waals surface area contributed by atoms with E-state index in [2.05, 4.69) is 4.72 Å². The number of hydrogen-bond acceptors (Lipinski definition) is 5. The summed E-state index contributed by atoms with van der Waals surface area (Å²) in [4.78, 5) is 0. The predicted octanol–water partition coefficient (Wildman–Crippen LogP) is 0.826. The van der Waals surface area contributed by atoms with Crippen LogP contribution in [0.3, 0.4) is 0 Å². The highest BCUT2D eigenvalue weighted by Crippen LogP contribution is 2.30. The fourth-order valence-electron chi connectivity index (χ4n) is 1.23. The number of rotatable bonds is 6. The van der Waals surface area contributed by atoms with Crippen LogP contribution >= 0.6 is 0 Å². The third-order valence-electron chi connectivity index (χ3n) is 2.45. The van der Waals surface area contributed by atoms with Gasteiger partial charge in [0.15, 0.2) is 0 Å². The maximum absolute atomic E-state index is 11.8. The summed E-state index contributed by atoms with van der Waals surface area (Å²) in [6.07, 6.45) is 0. The van der Waals surface area contributed by atoms with Crippen molar-refractivity contribution in [3.63, 3.8) is 0 Å². The van der Waals surface area contributed by atoms with Gasteiger partial charge in [0.05, 0.1) is 26.5 Å². The van der Waals surface area contributed by atoms with Gasteiger partial charge in [-0.25, -0.2) is 8.42 Å². The zero-order valence-electron chi connectivity index (χ0n) is 10.5. The molecule has 18 heavy (non-hydrogen) atoms. The zero-order valence-corrected chi connectivity index (χ0v) is 11.3. The molecule has 0 aliphatic rings. The van der Waals surface area contributed by atoms with Crippen LogP contribution in [0.2, 0.25) is 0 Å². The van der Waals surface area contributed by atoms with Gasteiger partial charge in [-0.1, -0.05) is 0 Å². The molecule has 6 nitrogen and oxygen atoms in total. The molecule has 7 heteroatoms. The highest BCUT2D eigenvalue weighted by atomic mass is 32.2. The lowest BCUT2D eigenvalue weighted by atomic mass is 10.3. The van der Waals surface area contributed by atoms with Gasteiger partial charge in [-0.2, -0.15) is 0 Å². The van der Waals surface area contributed by atoms with Gasteiger partial charge in [0.25, 0.3) is 0 Å². The Bertz CT molecular complexity index is 500. The maximum atomic E-state index is 11.8. The molecule has 0 aliphatic carbocycles. The number of sulfonamides is 1. The summed E-state index contributed by atoms with van der Waals surface area (Å²) >= 11 is 0. The standard InChI is InChI=1S/C11H17NO5S/c1-8(7-13)18(14,15)12-10-5-4-9(16-2)6-11(10)17-3/h4-6,8,12-13H,7H2,1-3H3. The van der Waals surface area contributed by atoms with Crippen molar-refractivity contribution in [1.82, 2.24) is 0 Å². The molecule has 0 saturated carbocycles. The number of methoxy groups -OCH3 is 2. The Morgan fingerprint density at radius 2 is 2.00 bits per heavy atom. The Labute approximate surface area is 107 Å². The lowest BCUT2D eigenvalue weighted by Crippen LogP contribution is -2.28. The van der Waals surface area contributed by atoms with Crippen LogP contribution in [-0.4, -0.2) is 39.6 Å². The van der Waals surface area contributed by atoms with E-state index in [4.69, 9.17) is 14.6 Å². The summed E-state index contributed by atoms with van der Waals surface area (Å²) in [7, 11) is -0.697. The van der Waals surface area contributed by atoms with E-state index in [1.807, 2.05) is 0 Å². The molecule has 0 aromatic heterocycles. The van der Waals surface area contributed by atoms with Crippen molar-refractivity contribution in [2.24, 2.45) is 0 Å². The Morgan fingerprint density at radius 1 is 1.33 bits per heavy atom. The third kappa shape index (κ3) is 3.27. The highest BCUT2D eigenvalue weighted by molar-refractivity contribution is 7.93. The van der Waals surface area contributed by atoms with Gasteiger partial charge in [0, 0.05) is 6.07 Å². The molecule has 0 heterocycles. The summed E-state index contributed by atoms with van der Waals surface area (Å²) in [5.74, 6) is 0.910. The van der Waals surface area contributed by atoms with Gasteiger partial charge in [-0.05, 0) is 19.1 Å². The summed E-state index contributed by atoms with van der Waals surface area (Å²) in [6, 6.07) is 4.73. The summed E-state index contributed by atoms with van der Waals surface area (Å²) in [6.45, 7) is 0.964. The van der Waals surface area contributed by atoms with Crippen LogP contribution in [-0.2, 0) is 10.0 Å². The van der Waals surface area contributed by atoms with Gasteiger partial charge >= 0.3 is 0 Å². The molecule has 0 spiro atoms. The molecule has 1 rings (SSSR count). The van der Waals surface area contributed by atoms with Crippen LogP contribution in [0.25, 0.3) is 0 Å². The average Bonchev–Trinajstić information content (AvgIpc) is 2.37. The molecule has 0 radical (unpaired) electrons. The van der Waals surface area contributed by atoms with E-state index >= 15 is 0 Å². The Balaban J connectivity index is 3.04. The summed E-state index contributed by atoms with van der Waals surface area (Å²) in [5.41, 5.74) is 0.304. The van der Waals surface area contributed by atoms with E-state index < -0.39 is 21.9 Å². The molecule has 0 bridgehead atoms. The van der Waals surface area contributed by atoms with Crippen LogP contribution in [0.1, 0.15) is 6.92 Å². The third-order valence-corrected chi connectivity index (χ3v) is 4.16. The Kier molecular flexibility index (Phi) is 4.80. The fourth-order valence-corrected chi connectivity index (χ4v) is 2.11. The second kappa shape index (κ2) is 5.92. The van der Waals surface area contributed by atoms with E-state index in [9.17, 15) is 8.42 Å². The second-order valence-corrected chi connectivity index (χ2v) is 5.81. The van der Waals surface area contributed by atoms with E-state index in [1.165, 1.54) is 21.1 Å². The van der Waals surface area contributed by atoms with Crippen molar-refractivity contribution in [2.45, 2.75) is 12.2 Å². The lowest BCUT2D eigenvalue weighted by Gasteiger charge is -2.15. The first-order chi connectivity index (χ1) is 8.44. The normalized spacial score (nSPS) is 12.9. The quantitative estimate of drug-likeness (QED) is 0.803. The molecule has 0 amide bonds. The topological polar surface area (TPSA) is 84.9 Å². The van der Waals surface area contributed by atoms with E-state index in [0.717, 1.165) is 0 Å². The number of nitrogens with one attached hydrogen (secondary N) is 1. The van der Waals surface area contributed by atoms with Crippen molar-refractivity contribution in [3.8, 4) is 11.5 Å². The molecule has 1 aromatic rings. The average molecular weight is 275 g/mol. The van der Waals surface area contributed by atoms with Crippen molar-refractivity contribution in [3.05, 3.63) is 18.2 Å². The number of aliphatic hydroxyl groups excluding tert-OH is 1. The van der Waals surface area contributed by atoms with Gasteiger partial charge in [-0.3, -0.25) is 4.72 Å². The van der Waals surface area contributed by atoms with Crippen LogP contribution < -0.4 is 14.2 Å². The molecular weight excluding hydrogens is 258 g/mol. The molecule has 0 saturated heterocycles. The van der Waals surface area contributed by atoms with Crippen molar-refractivity contribution in [2.75, 3.05) is 25.5 Å². The van der Waals surface area contributed by atoms with E-state index in [0.29, 0.717) is 17.2 Å². The first-order valence-corrected chi connectivity index (χ1v) is 6.83. The molecule has 0 aliphatic heterocycles. The van der Waals surface area contributed by atoms with Gasteiger partial charge in [0.1, 0.15) is 16.7 Å². The largest absolute Gasteiger partial charge is 0.497 e. The van der Waals surface area contributed by atoms with E-state index in [1.54, 1.807) is 18.2 Å². The maximum Gasteiger partial charge on any atom is 0.237 e. The van der Waals surface area contributed by atoms with Gasteiger partial charge < -0.3 is 14.6 Å². The molecule has 1 atom stereocenters. The zero-order chi connectivity index (χ0) is 13.8. The fraction of sp³-hybridized carbons (Fsp3) is 0.455. The van der Waals surface area contributed by atoms with Crippen LogP contribution in [0.4, 0.5) is 5.69 Å². The Hall–Kier alpha value is -1.47. The lowest BCUT2D eigenvalue weighted by molar-refractivity contribution is 0.296. The summed E-state index contributed by atoms with van der Waals surface area (Å²) in [5, 5.41) is 7.99. The monoisotopic (exact) mass is 275 g/mol. The molecule has 0 fully saturated rings. The van der Waals surface area contributed by atoms with Crippen molar-refractivity contribution in [1.29, 1.82) is 0 Å². The first kappa shape index (κ1) is 14.6. The van der Waals surface area contributed by atoms with Crippen LogP contribution in [0.15, 0.2) is 18.2 Å². The molecular formula is C11H17NO5S. The Morgan fingerprint density at radius 3 is 2.50 bits per heavy atom. The van der Waals surface area contributed by atoms with Crippen LogP contribution in [0, 0.1) is 0 Å². The molecule has 1 aromatic carbocycles. The van der Waals surface area contributed by atoms with E-state index in [-0.39, 0.29) is 0 Å². The number of aliphatic hydroxyl groups is 1. The molecule has 1 unspecified atom stereocenters. The van der Waals surface area contributed by atoms with Gasteiger partial charge in [-0.15, -0.1) is 0 Å². The number of ether oxygens (including phenoxy) is 2. The minimum atomic E-state index is -3.64.